The molecular weight excluding hydrogens is 572 g/mol. The molecule has 0 saturated carbocycles. The number of pyridine rings is 1. The average molecular weight is 617 g/mol. The number of benzene rings is 1. The van der Waals surface area contributed by atoms with Gasteiger partial charge in [0.25, 0.3) is 0 Å². The topological polar surface area (TPSA) is 110 Å². The first-order chi connectivity index (χ1) is 21.0. The smallest absolute Gasteiger partial charge is 0.247 e. The van der Waals surface area contributed by atoms with E-state index in [4.69, 9.17) is 19.4 Å². The molecule has 2 N–H and O–H groups in total. The van der Waals surface area contributed by atoms with Crippen LogP contribution in [-0.4, -0.2) is 86.3 Å². The molecule has 3 aromatic heterocycles. The minimum absolute atomic E-state index is 0.313. The van der Waals surface area contributed by atoms with Crippen molar-refractivity contribution in [3.05, 3.63) is 61.6 Å². The highest BCUT2D eigenvalue weighted by molar-refractivity contribution is 6.76. The van der Waals surface area contributed by atoms with E-state index in [1.807, 2.05) is 62.2 Å². The van der Waals surface area contributed by atoms with E-state index in [0.717, 1.165) is 47.1 Å². The normalized spacial score (nSPS) is 11.5. The van der Waals surface area contributed by atoms with Gasteiger partial charge < -0.3 is 34.5 Å². The zero-order valence-corrected chi connectivity index (χ0v) is 27.8. The molecule has 0 unspecified atom stereocenters. The summed E-state index contributed by atoms with van der Waals surface area (Å²) >= 11 is 0. The van der Waals surface area contributed by atoms with Crippen molar-refractivity contribution in [2.75, 3.05) is 63.5 Å². The first-order valence-corrected chi connectivity index (χ1v) is 18.3. The third-order valence-electron chi connectivity index (χ3n) is 7.08. The molecule has 0 atom stereocenters. The molecule has 0 aliphatic heterocycles. The number of amides is 1. The van der Waals surface area contributed by atoms with Gasteiger partial charge in [0.1, 0.15) is 18.1 Å². The summed E-state index contributed by atoms with van der Waals surface area (Å²) in [6.07, 6.45) is 6.74. The summed E-state index contributed by atoms with van der Waals surface area (Å²) < 4.78 is 13.9. The van der Waals surface area contributed by atoms with Gasteiger partial charge in [-0.25, -0.2) is 4.98 Å². The molecular formula is C32H44N8O3Si. The van der Waals surface area contributed by atoms with Gasteiger partial charge in [-0.1, -0.05) is 26.2 Å². The molecule has 12 heteroatoms. The summed E-state index contributed by atoms with van der Waals surface area (Å²) in [6, 6.07) is 10.7. The molecule has 4 rings (SSSR count). The second-order valence-electron chi connectivity index (χ2n) is 12.1. The minimum atomic E-state index is -1.21. The van der Waals surface area contributed by atoms with Crippen LogP contribution in [0.3, 0.4) is 0 Å². The number of hydrogen-bond acceptors (Lipinski definition) is 9. The Morgan fingerprint density at radius 1 is 1.11 bits per heavy atom. The molecule has 234 valence electrons. The van der Waals surface area contributed by atoms with Crippen LogP contribution in [0.25, 0.3) is 22.3 Å². The first-order valence-electron chi connectivity index (χ1n) is 14.6. The number of likely N-dealkylation sites (N-methyl/N-ethyl adjacent to an activating group) is 2. The van der Waals surface area contributed by atoms with Gasteiger partial charge in [-0.3, -0.25) is 9.78 Å². The van der Waals surface area contributed by atoms with Crippen LogP contribution in [0.1, 0.15) is 0 Å². The number of rotatable bonds is 15. The van der Waals surface area contributed by atoms with Crippen LogP contribution < -0.4 is 20.3 Å². The van der Waals surface area contributed by atoms with Gasteiger partial charge in [0, 0.05) is 70.4 Å². The number of fused-ring (bicyclic) bond motifs is 1. The Kier molecular flexibility index (Phi) is 10.7. The molecule has 0 aliphatic rings. The molecule has 11 nitrogen and oxygen atoms in total. The lowest BCUT2D eigenvalue weighted by molar-refractivity contribution is -0.111. The van der Waals surface area contributed by atoms with Crippen LogP contribution in [0.4, 0.5) is 23.0 Å². The van der Waals surface area contributed by atoms with Gasteiger partial charge in [-0.2, -0.15) is 4.98 Å². The Balaban J connectivity index is 1.76. The fourth-order valence-corrected chi connectivity index (χ4v) is 5.27. The van der Waals surface area contributed by atoms with E-state index >= 15 is 0 Å². The first kappa shape index (κ1) is 32.6. The SMILES string of the molecule is C=CC(=O)Nc1cc(Nc2nc(-c3cccnc3)c3ccn(COCC[Si](C)(C)C)c3n2)c(OC)cc1N(C)CCN(C)C. The van der Waals surface area contributed by atoms with Crippen LogP contribution >= 0.6 is 0 Å². The molecule has 0 spiro atoms. The van der Waals surface area contributed by atoms with Gasteiger partial charge in [0.05, 0.1) is 29.9 Å². The fourth-order valence-electron chi connectivity index (χ4n) is 4.52. The van der Waals surface area contributed by atoms with Crippen molar-refractivity contribution in [3.8, 4) is 17.0 Å². The van der Waals surface area contributed by atoms with Gasteiger partial charge in [0.15, 0.2) is 0 Å². The monoisotopic (exact) mass is 616 g/mol. The van der Waals surface area contributed by atoms with Gasteiger partial charge in [-0.15, -0.1) is 0 Å². The highest BCUT2D eigenvalue weighted by Gasteiger charge is 2.19. The van der Waals surface area contributed by atoms with Crippen molar-refractivity contribution in [1.29, 1.82) is 0 Å². The third-order valence-corrected chi connectivity index (χ3v) is 8.79. The summed E-state index contributed by atoms with van der Waals surface area (Å²) in [5.41, 5.74) is 4.34. The van der Waals surface area contributed by atoms with E-state index in [1.165, 1.54) is 6.08 Å². The summed E-state index contributed by atoms with van der Waals surface area (Å²) in [5, 5.41) is 7.19. The average Bonchev–Trinajstić information content (AvgIpc) is 3.40. The zero-order valence-electron chi connectivity index (χ0n) is 26.8. The van der Waals surface area contributed by atoms with Crippen molar-refractivity contribution in [3.63, 3.8) is 0 Å². The molecule has 0 saturated heterocycles. The number of nitrogens with one attached hydrogen (secondary N) is 2. The summed E-state index contributed by atoms with van der Waals surface area (Å²) in [4.78, 5) is 30.7. The number of aromatic nitrogens is 4. The number of carbonyl (C=O) groups excluding carboxylic acids is 1. The highest BCUT2D eigenvalue weighted by Crippen LogP contribution is 2.38. The van der Waals surface area contributed by atoms with E-state index in [-0.39, 0.29) is 5.91 Å². The Bertz CT molecular complexity index is 1580. The van der Waals surface area contributed by atoms with Crippen LogP contribution in [-0.2, 0) is 16.3 Å². The summed E-state index contributed by atoms with van der Waals surface area (Å²) in [6.45, 7) is 13.3. The van der Waals surface area contributed by atoms with Crippen LogP contribution in [0.15, 0.2) is 61.6 Å². The Morgan fingerprint density at radius 3 is 2.57 bits per heavy atom. The number of nitrogens with zero attached hydrogens (tertiary/aromatic N) is 6. The Hall–Kier alpha value is -4.26. The predicted molar refractivity (Wildman–Crippen MR) is 182 cm³/mol. The third kappa shape index (κ3) is 8.43. The number of anilines is 4. The molecule has 3 heterocycles. The fraction of sp³-hybridized carbons (Fsp3) is 0.375. The molecule has 1 amide bonds. The lowest BCUT2D eigenvalue weighted by Gasteiger charge is -2.26. The summed E-state index contributed by atoms with van der Waals surface area (Å²) in [7, 11) is 6.42. The molecule has 0 aliphatic carbocycles. The number of carbonyl (C=O) groups is 1. The summed E-state index contributed by atoms with van der Waals surface area (Å²) in [5.74, 6) is 0.628. The molecule has 4 aromatic rings. The van der Waals surface area contributed by atoms with Crippen LogP contribution in [0, 0.1) is 0 Å². The standard InChI is InChI=1S/C32H44N8O3Si/c1-9-29(41)34-25-19-26(28(42-5)20-27(25)39(4)16-15-38(2)3)35-32-36-30(23-11-10-13-33-21-23)24-12-14-40(31(24)37-32)22-43-17-18-44(6,7)8/h9-14,19-21H,1,15-18,22H2,2-8H3,(H,34,41)(H,35,36,37). The second kappa shape index (κ2) is 14.5. The molecule has 1 aromatic carbocycles. The lowest BCUT2D eigenvalue weighted by Crippen LogP contribution is -2.29. The van der Waals surface area contributed by atoms with Crippen LogP contribution in [0.5, 0.6) is 5.75 Å². The minimum Gasteiger partial charge on any atom is -0.494 e. The maximum Gasteiger partial charge on any atom is 0.247 e. The number of ether oxygens (including phenoxy) is 2. The number of methoxy groups -OCH3 is 1. The van der Waals surface area contributed by atoms with E-state index in [2.05, 4.69) is 51.6 Å². The lowest BCUT2D eigenvalue weighted by atomic mass is 10.1. The molecule has 0 radical (unpaired) electrons. The van der Waals surface area contributed by atoms with Crippen molar-refractivity contribution in [1.82, 2.24) is 24.4 Å². The molecule has 0 bridgehead atoms. The van der Waals surface area contributed by atoms with Crippen molar-refractivity contribution < 1.29 is 14.3 Å². The van der Waals surface area contributed by atoms with Gasteiger partial charge in [0.2, 0.25) is 11.9 Å². The molecule has 0 fully saturated rings. The van der Waals surface area contributed by atoms with E-state index in [9.17, 15) is 4.79 Å². The van der Waals surface area contributed by atoms with Crippen molar-refractivity contribution in [2.24, 2.45) is 0 Å². The maximum atomic E-state index is 12.4. The second-order valence-corrected chi connectivity index (χ2v) is 17.7. The quantitative estimate of drug-likeness (QED) is 0.0990. The largest absolute Gasteiger partial charge is 0.494 e. The molecule has 44 heavy (non-hydrogen) atoms. The van der Waals surface area contributed by atoms with E-state index in [1.54, 1.807) is 19.5 Å². The van der Waals surface area contributed by atoms with Gasteiger partial charge in [-0.05, 0) is 50.5 Å². The highest BCUT2D eigenvalue weighted by atomic mass is 28.3. The Labute approximate surface area is 260 Å². The van der Waals surface area contributed by atoms with E-state index < -0.39 is 8.07 Å². The number of hydrogen-bond donors (Lipinski definition) is 2. The van der Waals surface area contributed by atoms with Gasteiger partial charge >= 0.3 is 0 Å². The zero-order chi connectivity index (χ0) is 31.9. The van der Waals surface area contributed by atoms with Crippen molar-refractivity contribution in [2.45, 2.75) is 32.4 Å². The Morgan fingerprint density at radius 2 is 1.91 bits per heavy atom. The van der Waals surface area contributed by atoms with Crippen LogP contribution in [0.2, 0.25) is 25.7 Å². The van der Waals surface area contributed by atoms with E-state index in [0.29, 0.717) is 36.4 Å². The maximum absolute atomic E-state index is 12.4. The van der Waals surface area contributed by atoms with Crippen molar-refractivity contribution >= 4 is 48.0 Å². The predicted octanol–water partition coefficient (Wildman–Crippen LogP) is 5.68.